The van der Waals surface area contributed by atoms with Gasteiger partial charge in [-0.1, -0.05) is 52.1 Å². The third-order valence-corrected chi connectivity index (χ3v) is 10.4. The third kappa shape index (κ3) is 2.47. The Hall–Kier alpha value is -2.07. The first kappa shape index (κ1) is 15.8. The van der Waals surface area contributed by atoms with Crippen molar-refractivity contribution in [2.75, 3.05) is 0 Å². The summed E-state index contributed by atoms with van der Waals surface area (Å²) in [6.07, 6.45) is 3.91. The fraction of sp³-hybridized carbons (Fsp3) is 0.316. The van der Waals surface area contributed by atoms with E-state index in [9.17, 15) is 5.11 Å². The van der Waals surface area contributed by atoms with Crippen LogP contribution in [0, 0.1) is 0 Å². The Bertz CT molecular complexity index is 859. The minimum atomic E-state index is -1.77. The molecule has 1 N–H and O–H groups in total. The predicted octanol–water partition coefficient (Wildman–Crippen LogP) is 5.26. The summed E-state index contributed by atoms with van der Waals surface area (Å²) in [4.78, 5) is 4.41. The molecule has 2 aromatic heterocycles. The van der Waals surface area contributed by atoms with Crippen LogP contribution in [0.4, 0.5) is 0 Å². The molecule has 0 aliphatic rings. The van der Waals surface area contributed by atoms with E-state index in [4.69, 9.17) is 0 Å². The van der Waals surface area contributed by atoms with E-state index in [1.54, 1.807) is 18.3 Å². The van der Waals surface area contributed by atoms with Gasteiger partial charge in [0, 0.05) is 28.9 Å². The van der Waals surface area contributed by atoms with Gasteiger partial charge in [0.25, 0.3) is 0 Å². The normalized spacial score (nSPS) is 12.7. The fourth-order valence-electron chi connectivity index (χ4n) is 2.80. The van der Waals surface area contributed by atoms with Crippen LogP contribution in [0.3, 0.4) is 0 Å². The molecule has 0 unspecified atom stereocenters. The topological polar surface area (TPSA) is 38.0 Å². The smallest absolute Gasteiger partial charge is 0.161 e. The van der Waals surface area contributed by atoms with Crippen LogP contribution in [-0.2, 0) is 0 Å². The highest BCUT2D eigenvalue weighted by molar-refractivity contribution is 6.79. The third-order valence-electron chi connectivity index (χ3n) is 5.19. The van der Waals surface area contributed by atoms with Crippen molar-refractivity contribution in [3.05, 3.63) is 48.8 Å². The van der Waals surface area contributed by atoms with Crippen LogP contribution in [0.2, 0.25) is 18.1 Å². The van der Waals surface area contributed by atoms with Gasteiger partial charge in [0.1, 0.15) is 11.4 Å². The standard InChI is InChI=1S/C19H24N2OSi/c1-19(2,3)23(4,5)21-13-15(14-9-6-7-10-16(14)21)18-17(22)11-8-12-20-18/h6-13,22H,1-5H3. The molecule has 3 aromatic rings. The van der Waals surface area contributed by atoms with Crippen LogP contribution in [0.25, 0.3) is 22.2 Å². The van der Waals surface area contributed by atoms with Gasteiger partial charge >= 0.3 is 0 Å². The highest BCUT2D eigenvalue weighted by Crippen LogP contribution is 2.42. The molecule has 0 atom stereocenters. The maximum Gasteiger partial charge on any atom is 0.161 e. The summed E-state index contributed by atoms with van der Waals surface area (Å²) in [7, 11) is -1.77. The molecule has 120 valence electrons. The second-order valence-electron chi connectivity index (χ2n) is 7.61. The molecular weight excluding hydrogens is 300 g/mol. The molecule has 0 amide bonds. The average molecular weight is 325 g/mol. The number of nitrogens with zero attached hydrogens (tertiary/aromatic N) is 2. The summed E-state index contributed by atoms with van der Waals surface area (Å²) in [5.74, 6) is 0.227. The van der Waals surface area contributed by atoms with Crippen molar-refractivity contribution in [3.8, 4) is 17.0 Å². The zero-order chi connectivity index (χ0) is 16.8. The number of fused-ring (bicyclic) bond motifs is 1. The Kier molecular flexibility index (Phi) is 3.60. The summed E-state index contributed by atoms with van der Waals surface area (Å²) < 4.78 is 2.45. The van der Waals surface area contributed by atoms with Gasteiger partial charge in [-0.2, -0.15) is 0 Å². The van der Waals surface area contributed by atoms with E-state index in [-0.39, 0.29) is 10.8 Å². The SMILES string of the molecule is CC(C)(C)[Si](C)(C)n1cc(-c2ncccc2O)c2ccccc21. The maximum atomic E-state index is 10.2. The number of hydrogen-bond acceptors (Lipinski definition) is 2. The summed E-state index contributed by atoms with van der Waals surface area (Å²) >= 11 is 0. The number of hydrogen-bond donors (Lipinski definition) is 1. The van der Waals surface area contributed by atoms with Crippen molar-refractivity contribution in [1.29, 1.82) is 0 Å². The first-order valence-electron chi connectivity index (χ1n) is 7.98. The van der Waals surface area contributed by atoms with E-state index in [1.807, 2.05) is 6.07 Å². The van der Waals surface area contributed by atoms with Crippen molar-refractivity contribution in [2.45, 2.75) is 38.9 Å². The lowest BCUT2D eigenvalue weighted by atomic mass is 10.1. The summed E-state index contributed by atoms with van der Waals surface area (Å²) in [6, 6.07) is 11.9. The van der Waals surface area contributed by atoms with Crippen LogP contribution in [0.1, 0.15) is 20.8 Å². The Morgan fingerprint density at radius 3 is 2.39 bits per heavy atom. The van der Waals surface area contributed by atoms with E-state index in [1.165, 1.54) is 5.52 Å². The first-order chi connectivity index (χ1) is 10.7. The molecule has 0 spiro atoms. The summed E-state index contributed by atoms with van der Waals surface area (Å²) in [5, 5.41) is 11.6. The average Bonchev–Trinajstić information content (AvgIpc) is 2.87. The van der Waals surface area contributed by atoms with Gasteiger partial charge in [-0.05, 0) is 23.2 Å². The van der Waals surface area contributed by atoms with Gasteiger partial charge in [0.15, 0.2) is 8.24 Å². The van der Waals surface area contributed by atoms with Crippen molar-refractivity contribution in [1.82, 2.24) is 9.22 Å². The minimum Gasteiger partial charge on any atom is -0.506 e. The summed E-state index contributed by atoms with van der Waals surface area (Å²) in [6.45, 7) is 11.7. The minimum absolute atomic E-state index is 0.220. The van der Waals surface area contributed by atoms with Crippen LogP contribution < -0.4 is 0 Å². The number of para-hydroxylation sites is 1. The molecule has 0 aliphatic heterocycles. The van der Waals surface area contributed by atoms with Gasteiger partial charge < -0.3 is 9.34 Å². The second kappa shape index (κ2) is 5.23. The van der Waals surface area contributed by atoms with Crippen LogP contribution in [0.5, 0.6) is 5.75 Å². The monoisotopic (exact) mass is 324 g/mol. The molecule has 3 nitrogen and oxygen atoms in total. The lowest BCUT2D eigenvalue weighted by Gasteiger charge is -2.38. The number of rotatable bonds is 2. The zero-order valence-corrected chi connectivity index (χ0v) is 15.5. The molecule has 3 rings (SSSR count). The van der Waals surface area contributed by atoms with Gasteiger partial charge in [-0.25, -0.2) is 0 Å². The van der Waals surface area contributed by atoms with E-state index in [2.05, 4.69) is 67.5 Å². The Balaban J connectivity index is 2.34. The second-order valence-corrected chi connectivity index (χ2v) is 12.7. The van der Waals surface area contributed by atoms with E-state index < -0.39 is 8.24 Å². The Morgan fingerprint density at radius 2 is 1.74 bits per heavy atom. The van der Waals surface area contributed by atoms with Gasteiger partial charge in [-0.3, -0.25) is 4.98 Å². The van der Waals surface area contributed by atoms with Gasteiger partial charge in [0.05, 0.1) is 0 Å². The highest BCUT2D eigenvalue weighted by atomic mass is 28.3. The van der Waals surface area contributed by atoms with Crippen LogP contribution in [-0.4, -0.2) is 22.6 Å². The molecule has 0 fully saturated rings. The van der Waals surface area contributed by atoms with Crippen molar-refractivity contribution in [3.63, 3.8) is 0 Å². The quantitative estimate of drug-likeness (QED) is 0.653. The molecule has 23 heavy (non-hydrogen) atoms. The number of benzene rings is 1. The highest BCUT2D eigenvalue weighted by Gasteiger charge is 2.38. The van der Waals surface area contributed by atoms with Crippen LogP contribution >= 0.6 is 0 Å². The molecule has 0 aliphatic carbocycles. The largest absolute Gasteiger partial charge is 0.506 e. The van der Waals surface area contributed by atoms with Gasteiger partial charge in [-0.15, -0.1) is 0 Å². The molecule has 2 heterocycles. The fourth-order valence-corrected chi connectivity index (χ4v) is 4.77. The molecule has 0 saturated heterocycles. The first-order valence-corrected chi connectivity index (χ1v) is 10.9. The summed E-state index contributed by atoms with van der Waals surface area (Å²) in [5.41, 5.74) is 2.88. The van der Waals surface area contributed by atoms with Crippen LogP contribution in [0.15, 0.2) is 48.8 Å². The van der Waals surface area contributed by atoms with Crippen molar-refractivity contribution >= 4 is 19.1 Å². The Morgan fingerprint density at radius 1 is 1.04 bits per heavy atom. The zero-order valence-electron chi connectivity index (χ0n) is 14.5. The Labute approximate surface area is 138 Å². The van der Waals surface area contributed by atoms with Crippen molar-refractivity contribution in [2.24, 2.45) is 0 Å². The van der Waals surface area contributed by atoms with E-state index in [0.717, 1.165) is 10.9 Å². The molecule has 0 bridgehead atoms. The van der Waals surface area contributed by atoms with Crippen molar-refractivity contribution < 1.29 is 5.11 Å². The molecule has 0 saturated carbocycles. The number of aromatic hydroxyl groups is 1. The molecule has 1 aromatic carbocycles. The predicted molar refractivity (Wildman–Crippen MR) is 99.4 cm³/mol. The van der Waals surface area contributed by atoms with E-state index >= 15 is 0 Å². The number of pyridine rings is 1. The lowest BCUT2D eigenvalue weighted by Crippen LogP contribution is -2.44. The lowest BCUT2D eigenvalue weighted by molar-refractivity contribution is 0.475. The van der Waals surface area contributed by atoms with Gasteiger partial charge in [0.2, 0.25) is 0 Å². The molecule has 0 radical (unpaired) electrons. The molecule has 4 heteroatoms. The molecular formula is C19H24N2OSi. The number of aromatic nitrogens is 2. The van der Waals surface area contributed by atoms with E-state index in [0.29, 0.717) is 5.69 Å². The maximum absolute atomic E-state index is 10.2.